The lowest BCUT2D eigenvalue weighted by molar-refractivity contribution is -0.112. The molecule has 1 aliphatic rings. The Morgan fingerprint density at radius 3 is 2.58 bits per heavy atom. The molecule has 2 aromatic rings. The molecular weight excluding hydrogens is 410 g/mol. The van der Waals surface area contributed by atoms with Gasteiger partial charge >= 0.3 is 5.97 Å². The quantitative estimate of drug-likeness (QED) is 0.391. The van der Waals surface area contributed by atoms with Gasteiger partial charge in [-0.3, -0.25) is 4.79 Å². The molecule has 0 atom stereocenters. The van der Waals surface area contributed by atoms with Crippen molar-refractivity contribution in [2.45, 2.75) is 40.5 Å². The van der Waals surface area contributed by atoms with E-state index in [1.165, 1.54) is 29.9 Å². The lowest BCUT2D eigenvalue weighted by Crippen LogP contribution is -2.17. The van der Waals surface area contributed by atoms with Crippen molar-refractivity contribution in [3.8, 4) is 6.07 Å². The summed E-state index contributed by atoms with van der Waals surface area (Å²) >= 11 is 1.30. The van der Waals surface area contributed by atoms with Crippen molar-refractivity contribution < 1.29 is 14.3 Å². The number of rotatable bonds is 6. The van der Waals surface area contributed by atoms with Crippen LogP contribution in [0.2, 0.25) is 0 Å². The van der Waals surface area contributed by atoms with E-state index in [1.807, 2.05) is 39.0 Å². The lowest BCUT2D eigenvalue weighted by atomic mass is 10.0. The summed E-state index contributed by atoms with van der Waals surface area (Å²) in [5.41, 5.74) is 4.09. The lowest BCUT2D eigenvalue weighted by Gasteiger charge is -2.18. The number of carbonyl (C=O) groups excluding carboxylic acids is 2. The van der Waals surface area contributed by atoms with E-state index in [0.29, 0.717) is 10.6 Å². The van der Waals surface area contributed by atoms with Crippen molar-refractivity contribution in [3.05, 3.63) is 50.9 Å². The maximum Gasteiger partial charge on any atom is 0.341 e. The first-order chi connectivity index (χ1) is 14.8. The summed E-state index contributed by atoms with van der Waals surface area (Å²) in [5.74, 6) is -1.02. The molecule has 1 amide bonds. The minimum absolute atomic E-state index is 0.0180. The molecule has 3 rings (SSSR count). The Kier molecular flexibility index (Phi) is 7.13. The fourth-order valence-corrected chi connectivity index (χ4v) is 4.68. The molecule has 7 heteroatoms. The molecule has 1 fully saturated rings. The number of aryl methyl sites for hydroxylation is 2. The molecule has 1 N–H and O–H groups in total. The largest absolute Gasteiger partial charge is 0.462 e. The van der Waals surface area contributed by atoms with Crippen LogP contribution >= 0.6 is 11.3 Å². The molecule has 1 aliphatic heterocycles. The third-order valence-corrected chi connectivity index (χ3v) is 6.60. The van der Waals surface area contributed by atoms with E-state index in [9.17, 15) is 14.9 Å². The molecule has 0 spiro atoms. The SMILES string of the molecule is CCOC(=O)c1c(NC(=O)/C(C#N)=C\c2ccc(N3CCCC3)cc2C)sc(C)c1C. The summed E-state index contributed by atoms with van der Waals surface area (Å²) in [6.45, 7) is 9.77. The summed E-state index contributed by atoms with van der Waals surface area (Å²) in [6.07, 6.45) is 4.00. The van der Waals surface area contributed by atoms with Crippen LogP contribution < -0.4 is 10.2 Å². The van der Waals surface area contributed by atoms with E-state index in [4.69, 9.17) is 4.74 Å². The number of thiophene rings is 1. The van der Waals surface area contributed by atoms with E-state index in [-0.39, 0.29) is 12.2 Å². The molecule has 1 aromatic carbocycles. The maximum atomic E-state index is 12.8. The van der Waals surface area contributed by atoms with Gasteiger partial charge in [0.05, 0.1) is 12.2 Å². The Morgan fingerprint density at radius 2 is 1.97 bits per heavy atom. The summed E-state index contributed by atoms with van der Waals surface area (Å²) < 4.78 is 5.13. The van der Waals surface area contributed by atoms with Crippen molar-refractivity contribution >= 4 is 40.0 Å². The molecule has 6 nitrogen and oxygen atoms in total. The average molecular weight is 438 g/mol. The van der Waals surface area contributed by atoms with Crippen molar-refractivity contribution in [1.29, 1.82) is 5.26 Å². The molecule has 1 saturated heterocycles. The van der Waals surface area contributed by atoms with Crippen LogP contribution in [0.25, 0.3) is 6.08 Å². The third-order valence-electron chi connectivity index (χ3n) is 5.48. The zero-order valence-electron chi connectivity index (χ0n) is 18.4. The Morgan fingerprint density at radius 1 is 1.26 bits per heavy atom. The second kappa shape index (κ2) is 9.80. The first-order valence-corrected chi connectivity index (χ1v) is 11.2. The number of benzene rings is 1. The van der Waals surface area contributed by atoms with Gasteiger partial charge in [0.2, 0.25) is 0 Å². The number of hydrogen-bond acceptors (Lipinski definition) is 6. The molecule has 0 unspecified atom stereocenters. The normalized spacial score (nSPS) is 13.8. The number of amides is 1. The molecule has 0 bridgehead atoms. The van der Waals surface area contributed by atoms with Crippen LogP contribution in [0.3, 0.4) is 0 Å². The molecule has 1 aromatic heterocycles. The highest BCUT2D eigenvalue weighted by atomic mass is 32.1. The van der Waals surface area contributed by atoms with Gasteiger partial charge in [-0.15, -0.1) is 11.3 Å². The van der Waals surface area contributed by atoms with Gasteiger partial charge in [0.1, 0.15) is 16.6 Å². The minimum atomic E-state index is -0.544. The number of nitrogens with one attached hydrogen (secondary N) is 1. The molecule has 0 saturated carbocycles. The van der Waals surface area contributed by atoms with E-state index in [1.54, 1.807) is 13.0 Å². The second-order valence-electron chi connectivity index (χ2n) is 7.57. The monoisotopic (exact) mass is 437 g/mol. The van der Waals surface area contributed by atoms with Gasteiger partial charge in [-0.05, 0) is 75.4 Å². The van der Waals surface area contributed by atoms with E-state index in [0.717, 1.165) is 34.7 Å². The predicted octanol–water partition coefficient (Wildman–Crippen LogP) is 5.00. The first-order valence-electron chi connectivity index (χ1n) is 10.4. The van der Waals surface area contributed by atoms with E-state index >= 15 is 0 Å². The van der Waals surface area contributed by atoms with Crippen LogP contribution in [0, 0.1) is 32.1 Å². The van der Waals surface area contributed by atoms with Crippen LogP contribution in [-0.2, 0) is 9.53 Å². The molecule has 2 heterocycles. The second-order valence-corrected chi connectivity index (χ2v) is 8.79. The van der Waals surface area contributed by atoms with Gasteiger partial charge in [0.25, 0.3) is 5.91 Å². The minimum Gasteiger partial charge on any atom is -0.462 e. The first kappa shape index (κ1) is 22.6. The number of nitrogens with zero attached hydrogens (tertiary/aromatic N) is 2. The number of esters is 1. The summed E-state index contributed by atoms with van der Waals surface area (Å²) in [6, 6.07) is 8.05. The summed E-state index contributed by atoms with van der Waals surface area (Å²) in [4.78, 5) is 28.4. The number of hydrogen-bond donors (Lipinski definition) is 1. The summed E-state index contributed by atoms with van der Waals surface area (Å²) in [7, 11) is 0. The van der Waals surface area contributed by atoms with Crippen LogP contribution in [0.1, 0.15) is 51.7 Å². The van der Waals surface area contributed by atoms with E-state index < -0.39 is 11.9 Å². The number of ether oxygens (including phenoxy) is 1. The molecule has 0 aliphatic carbocycles. The number of carbonyl (C=O) groups is 2. The van der Waals surface area contributed by atoms with Gasteiger partial charge < -0.3 is 15.0 Å². The van der Waals surface area contributed by atoms with E-state index in [2.05, 4.69) is 16.3 Å². The molecule has 0 radical (unpaired) electrons. The molecule has 31 heavy (non-hydrogen) atoms. The third kappa shape index (κ3) is 4.97. The van der Waals surface area contributed by atoms with Crippen molar-refractivity contribution in [3.63, 3.8) is 0 Å². The van der Waals surface area contributed by atoms with Gasteiger partial charge in [-0.2, -0.15) is 5.26 Å². The highest BCUT2D eigenvalue weighted by molar-refractivity contribution is 7.16. The Labute approximate surface area is 187 Å². The van der Waals surface area contributed by atoms with Crippen LogP contribution in [0.15, 0.2) is 23.8 Å². The standard InChI is InChI=1S/C24H27N3O3S/c1-5-30-24(29)21-16(3)17(4)31-23(21)26-22(28)19(14-25)13-18-8-9-20(12-15(18)2)27-10-6-7-11-27/h8-9,12-13H,5-7,10-11H2,1-4H3,(H,26,28)/b19-13-. The zero-order chi connectivity index (χ0) is 22.5. The Balaban J connectivity index is 1.84. The van der Waals surface area contributed by atoms with Gasteiger partial charge in [-0.25, -0.2) is 4.79 Å². The Bertz CT molecular complexity index is 1070. The van der Waals surface area contributed by atoms with Crippen molar-refractivity contribution in [1.82, 2.24) is 0 Å². The van der Waals surface area contributed by atoms with Gasteiger partial charge in [0, 0.05) is 23.7 Å². The molecule has 162 valence electrons. The van der Waals surface area contributed by atoms with Gasteiger partial charge in [-0.1, -0.05) is 6.07 Å². The van der Waals surface area contributed by atoms with Crippen LogP contribution in [0.5, 0.6) is 0 Å². The zero-order valence-corrected chi connectivity index (χ0v) is 19.2. The van der Waals surface area contributed by atoms with Crippen molar-refractivity contribution in [2.75, 3.05) is 29.9 Å². The fourth-order valence-electron chi connectivity index (χ4n) is 3.63. The average Bonchev–Trinajstić information content (AvgIpc) is 3.36. The smallest absolute Gasteiger partial charge is 0.341 e. The highest BCUT2D eigenvalue weighted by Gasteiger charge is 2.23. The summed E-state index contributed by atoms with van der Waals surface area (Å²) in [5, 5.41) is 12.7. The Hall–Kier alpha value is -3.11. The predicted molar refractivity (Wildman–Crippen MR) is 125 cm³/mol. The fraction of sp³-hybridized carbons (Fsp3) is 0.375. The number of nitriles is 1. The number of anilines is 2. The van der Waals surface area contributed by atoms with Crippen LogP contribution in [0.4, 0.5) is 10.7 Å². The van der Waals surface area contributed by atoms with Crippen molar-refractivity contribution in [2.24, 2.45) is 0 Å². The maximum absolute atomic E-state index is 12.8. The highest BCUT2D eigenvalue weighted by Crippen LogP contribution is 2.33. The van der Waals surface area contributed by atoms with Gasteiger partial charge in [0.15, 0.2) is 0 Å². The van der Waals surface area contributed by atoms with Crippen LogP contribution in [-0.4, -0.2) is 31.6 Å². The topological polar surface area (TPSA) is 82.4 Å². The molecular formula is C24H27N3O3S.